The lowest BCUT2D eigenvalue weighted by molar-refractivity contribution is 1.12. The Labute approximate surface area is 409 Å². The fourth-order valence-corrected chi connectivity index (χ4v) is 5.18. The van der Waals surface area contributed by atoms with Crippen LogP contribution in [0.5, 0.6) is 0 Å². The molecule has 0 aliphatic carbocycles. The van der Waals surface area contributed by atoms with Crippen LogP contribution < -0.4 is 0 Å². The molecule has 0 bridgehead atoms. The van der Waals surface area contributed by atoms with E-state index in [1.54, 1.807) is 47.6 Å². The lowest BCUT2D eigenvalue weighted by atomic mass is 10.2. The first-order valence-electron chi connectivity index (χ1n) is 27.9. The van der Waals surface area contributed by atoms with Gasteiger partial charge in [-0.25, -0.2) is 0 Å². The van der Waals surface area contributed by atoms with Crippen molar-refractivity contribution < 1.29 is 17.8 Å². The first kappa shape index (κ1) is 37.1. The summed E-state index contributed by atoms with van der Waals surface area (Å²) in [5, 5.41) is 0. The van der Waals surface area contributed by atoms with Gasteiger partial charge in [0.05, 0.1) is 17.8 Å². The third kappa shape index (κ3) is 30.7. The van der Waals surface area contributed by atoms with Crippen LogP contribution in [-0.4, -0.2) is 4.98 Å². The van der Waals surface area contributed by atoms with Crippen LogP contribution in [0.25, 0.3) is 0 Å². The molecule has 8 rings (SSSR count). The van der Waals surface area contributed by atoms with Crippen LogP contribution in [0.2, 0.25) is 0 Å². The smallest absolute Gasteiger partial charge is 0.0628 e. The largest absolute Gasteiger partial charge is 0.258 e. The first-order valence-corrected chi connectivity index (χ1v) is 21.4. The molecule has 0 amide bonds. The molecule has 0 atom stereocenters. The summed E-state index contributed by atoms with van der Waals surface area (Å²) in [6.45, 7) is 30.2. The van der Waals surface area contributed by atoms with Crippen molar-refractivity contribution in [3.63, 3.8) is 0 Å². The Morgan fingerprint density at radius 2 is 0.500 bits per heavy atom. The predicted molar refractivity (Wildman–Crippen MR) is 285 cm³/mol. The third-order valence-electron chi connectivity index (χ3n) is 8.32. The van der Waals surface area contributed by atoms with Crippen molar-refractivity contribution in [2.24, 2.45) is 0 Å². The monoisotopic (exact) mass is 863 g/mol. The summed E-state index contributed by atoms with van der Waals surface area (Å²) in [6, 6.07) is 38.8. The van der Waals surface area contributed by atoms with Crippen molar-refractivity contribution in [3.05, 3.63) is 277 Å². The molecule has 1 nitrogen and oxygen atoms in total. The van der Waals surface area contributed by atoms with E-state index < -0.39 is 0 Å². The van der Waals surface area contributed by atoms with E-state index in [0.717, 1.165) is 33.6 Å². The lowest BCUT2D eigenvalue weighted by Crippen LogP contribution is -1.81. The van der Waals surface area contributed by atoms with Crippen LogP contribution in [0, 0.1) is 111 Å². The van der Waals surface area contributed by atoms with E-state index in [0.29, 0.717) is 63.6 Å². The SMILES string of the molecule is Cc1ccc(C)cc1.Cc1cccc(C)c1.Cc1cccc(C)n1.[2H]c1c(C)cccc1C.[2H]c1c([2H])c(C)c([2H])c([2H])c1C.[2H]c1cc([2H])c(C)c([2H])c1C.[2H]c1cc([2H])c(C)c([2H])c1C.[2H]c1cc([2H])c(C)cc1C. The molecule has 8 aromatic rings. The molecule has 1 heterocycles. The highest BCUT2D eigenvalue weighted by molar-refractivity contribution is 5.24. The first-order chi connectivity index (χ1) is 35.7. The summed E-state index contributed by atoms with van der Waals surface area (Å²) in [5.41, 5.74) is 14.9. The fraction of sp³-hybridized carbons (Fsp3) is 0.254. The zero-order valence-electron chi connectivity index (χ0n) is 54.3. The van der Waals surface area contributed by atoms with Gasteiger partial charge < -0.3 is 0 Å². The minimum absolute atomic E-state index is 0.0634. The zero-order valence-corrected chi connectivity index (χ0v) is 41.3. The Balaban J connectivity index is 0.000000442. The number of hydrogen-bond acceptors (Lipinski definition) is 1. The Hall–Kier alpha value is -6.31. The summed E-state index contributed by atoms with van der Waals surface area (Å²) >= 11 is 0. The molecule has 7 aromatic carbocycles. The Morgan fingerprint density at radius 1 is 0.234 bits per heavy atom. The second-order valence-corrected chi connectivity index (χ2v) is 15.6. The van der Waals surface area contributed by atoms with Gasteiger partial charge in [0.2, 0.25) is 0 Å². The number of aromatic nitrogens is 1. The van der Waals surface area contributed by atoms with Crippen LogP contribution in [0.3, 0.4) is 0 Å². The summed E-state index contributed by atoms with van der Waals surface area (Å²) in [4.78, 5) is 4.17. The number of aryl methyl sites for hydroxylation is 10. The Kier molecular flexibility index (Phi) is 18.8. The van der Waals surface area contributed by atoms with Crippen molar-refractivity contribution in [3.8, 4) is 0 Å². The second kappa shape index (κ2) is 32.4. The van der Waals surface area contributed by atoms with E-state index in [4.69, 9.17) is 17.8 Å². The maximum absolute atomic E-state index is 7.49. The number of hydrogen-bond donors (Lipinski definition) is 0. The van der Waals surface area contributed by atoms with Gasteiger partial charge in [-0.05, 0) is 123 Å². The second-order valence-electron chi connectivity index (χ2n) is 15.6. The lowest BCUT2D eigenvalue weighted by Gasteiger charge is -1.90. The van der Waals surface area contributed by atoms with Crippen LogP contribution in [0.1, 0.15) is 107 Å². The van der Waals surface area contributed by atoms with Crippen LogP contribution >= 0.6 is 0 Å². The number of rotatable bonds is 0. The fourth-order valence-electron chi connectivity index (χ4n) is 5.18. The Bertz CT molecular complexity index is 2800. The summed E-state index contributed by atoms with van der Waals surface area (Å²) in [6.07, 6.45) is 0. The van der Waals surface area contributed by atoms with E-state index in [2.05, 4.69) is 81.2 Å². The van der Waals surface area contributed by atoms with Crippen LogP contribution in [0.15, 0.2) is 188 Å². The van der Waals surface area contributed by atoms with Gasteiger partial charge in [0.1, 0.15) is 0 Å². The van der Waals surface area contributed by atoms with Gasteiger partial charge in [0.15, 0.2) is 0 Å². The highest BCUT2D eigenvalue weighted by atomic mass is 14.7. The number of nitrogens with zero attached hydrogens (tertiary/aromatic N) is 1. The molecule has 0 fully saturated rings. The van der Waals surface area contributed by atoms with Crippen molar-refractivity contribution in [1.29, 1.82) is 0 Å². The number of benzene rings is 7. The third-order valence-corrected chi connectivity index (χ3v) is 8.32. The van der Waals surface area contributed by atoms with Gasteiger partial charge in [-0.2, -0.15) is 0 Å². The molecule has 64 heavy (non-hydrogen) atoms. The molecule has 336 valence electrons. The van der Waals surface area contributed by atoms with Gasteiger partial charge in [-0.15, -0.1) is 0 Å². The van der Waals surface area contributed by atoms with E-state index in [1.165, 1.54) is 34.4 Å². The molecule has 1 heteroatoms. The minimum atomic E-state index is 0.0634. The quantitative estimate of drug-likeness (QED) is 0.148. The summed E-state index contributed by atoms with van der Waals surface area (Å²) < 4.78 is 96.2. The minimum Gasteiger partial charge on any atom is -0.258 e. The van der Waals surface area contributed by atoms with E-state index in [-0.39, 0.29) is 48.3 Å². The highest BCUT2D eigenvalue weighted by Gasteiger charge is 1.86. The molecule has 0 radical (unpaired) electrons. The molecule has 0 spiro atoms. The van der Waals surface area contributed by atoms with Gasteiger partial charge in [0.25, 0.3) is 0 Å². The molecule has 0 unspecified atom stereocenters. The van der Waals surface area contributed by atoms with E-state index in [1.807, 2.05) is 84.0 Å². The normalized spacial score (nSPS) is 12.1. The van der Waals surface area contributed by atoms with Crippen molar-refractivity contribution in [2.75, 3.05) is 0 Å². The summed E-state index contributed by atoms with van der Waals surface area (Å²) in [5.74, 6) is 0. The van der Waals surface area contributed by atoms with Crippen molar-refractivity contribution >= 4 is 0 Å². The molecule has 1 aromatic heterocycles. The van der Waals surface area contributed by atoms with Gasteiger partial charge in [0, 0.05) is 11.4 Å². The Morgan fingerprint density at radius 3 is 0.766 bits per heavy atom. The van der Waals surface area contributed by atoms with Crippen molar-refractivity contribution in [2.45, 2.75) is 111 Å². The molecule has 0 aliphatic heterocycles. The molecule has 0 saturated heterocycles. The van der Waals surface area contributed by atoms with E-state index >= 15 is 0 Å². The highest BCUT2D eigenvalue weighted by Crippen LogP contribution is 2.04. The summed E-state index contributed by atoms with van der Waals surface area (Å²) in [7, 11) is 0. The topological polar surface area (TPSA) is 12.9 Å². The van der Waals surface area contributed by atoms with Gasteiger partial charge >= 0.3 is 0 Å². The van der Waals surface area contributed by atoms with Crippen LogP contribution in [0.4, 0.5) is 0 Å². The van der Waals surface area contributed by atoms with E-state index in [9.17, 15) is 0 Å². The van der Waals surface area contributed by atoms with Crippen LogP contribution in [-0.2, 0) is 0 Å². The molecular formula is C63H79N. The molecule has 0 saturated carbocycles. The van der Waals surface area contributed by atoms with Gasteiger partial charge in [-0.1, -0.05) is 254 Å². The maximum atomic E-state index is 7.49. The molecule has 0 aliphatic rings. The molecular weight excluding hydrogens is 771 g/mol. The number of pyridine rings is 1. The average molecular weight is 863 g/mol. The molecule has 0 N–H and O–H groups in total. The standard InChI is InChI=1S/7C8H10.C7H9N/c2*1-7-3-5-8(2)6-4-7;5*1-7-4-3-5-8(2)6-7;1-6-4-3-5-7(2)8-6/h7*3-6H,1-2H3;3-5H,1-2H3/i3D,4D,5D,6D;;2*4D,5D,6D;4D,5D;6D;;. The zero-order chi connectivity index (χ0) is 59.2. The average Bonchev–Trinajstić information content (AvgIpc) is 3.37. The predicted octanol–water partition coefficient (Wildman–Crippen LogP) is 17.8. The van der Waals surface area contributed by atoms with Crippen molar-refractivity contribution in [1.82, 2.24) is 4.98 Å². The maximum Gasteiger partial charge on any atom is 0.0628 e. The van der Waals surface area contributed by atoms with Gasteiger partial charge in [-0.3, -0.25) is 4.98 Å².